The lowest BCUT2D eigenvalue weighted by Gasteiger charge is -2.32. The van der Waals surface area contributed by atoms with Gasteiger partial charge >= 0.3 is 6.18 Å². The van der Waals surface area contributed by atoms with Crippen molar-refractivity contribution in [3.8, 4) is 17.0 Å². The van der Waals surface area contributed by atoms with Crippen LogP contribution in [0.4, 0.5) is 13.2 Å². The third kappa shape index (κ3) is 4.40. The third-order valence-corrected chi connectivity index (χ3v) is 5.31. The first-order valence-corrected chi connectivity index (χ1v) is 10.3. The van der Waals surface area contributed by atoms with Gasteiger partial charge in [0, 0.05) is 31.7 Å². The first-order chi connectivity index (χ1) is 15.1. The van der Waals surface area contributed by atoms with Crippen LogP contribution in [-0.4, -0.2) is 69.6 Å². The highest BCUT2D eigenvalue weighted by atomic mass is 19.4. The number of hydrogen-bond acceptors (Lipinski definition) is 5. The molecule has 1 aromatic carbocycles. The van der Waals surface area contributed by atoms with E-state index in [1.807, 2.05) is 20.9 Å². The fourth-order valence-electron chi connectivity index (χ4n) is 3.62. The van der Waals surface area contributed by atoms with E-state index in [-0.39, 0.29) is 28.9 Å². The van der Waals surface area contributed by atoms with E-state index in [1.165, 1.54) is 6.20 Å². The molecule has 170 valence electrons. The van der Waals surface area contributed by atoms with Gasteiger partial charge in [-0.05, 0) is 51.2 Å². The topological polar surface area (TPSA) is 63.0 Å². The van der Waals surface area contributed by atoms with E-state index >= 15 is 0 Å². The highest BCUT2D eigenvalue weighted by molar-refractivity contribution is 6.00. The highest BCUT2D eigenvalue weighted by Crippen LogP contribution is 2.33. The van der Waals surface area contributed by atoms with E-state index in [4.69, 9.17) is 4.74 Å². The van der Waals surface area contributed by atoms with Crippen LogP contribution in [0.25, 0.3) is 16.9 Å². The van der Waals surface area contributed by atoms with Crippen molar-refractivity contribution in [2.24, 2.45) is 0 Å². The SMILES string of the molecule is CC(C)Oc1ccc(-c2cc(C(F)(F)F)n3ncc(C(=O)N4CCN(C)CC4)c3n2)cc1. The maximum atomic E-state index is 13.8. The summed E-state index contributed by atoms with van der Waals surface area (Å²) in [5, 5.41) is 3.85. The van der Waals surface area contributed by atoms with Crippen LogP contribution in [-0.2, 0) is 6.18 Å². The zero-order valence-electron chi connectivity index (χ0n) is 18.1. The van der Waals surface area contributed by atoms with Crippen molar-refractivity contribution in [2.45, 2.75) is 26.1 Å². The minimum absolute atomic E-state index is 0.0258. The van der Waals surface area contributed by atoms with E-state index in [2.05, 4.69) is 15.0 Å². The molecule has 0 atom stereocenters. The summed E-state index contributed by atoms with van der Waals surface area (Å²) in [4.78, 5) is 21.2. The number of benzene rings is 1. The van der Waals surface area contributed by atoms with Gasteiger partial charge < -0.3 is 14.5 Å². The van der Waals surface area contributed by atoms with Crippen LogP contribution >= 0.6 is 0 Å². The molecule has 3 heterocycles. The molecule has 4 rings (SSSR count). The van der Waals surface area contributed by atoms with Gasteiger partial charge in [-0.3, -0.25) is 4.79 Å². The number of aromatic nitrogens is 3. The van der Waals surface area contributed by atoms with E-state index in [9.17, 15) is 18.0 Å². The molecule has 10 heteroatoms. The van der Waals surface area contributed by atoms with E-state index in [1.54, 1.807) is 29.2 Å². The Morgan fingerprint density at radius 2 is 1.75 bits per heavy atom. The van der Waals surface area contributed by atoms with Crippen molar-refractivity contribution < 1.29 is 22.7 Å². The van der Waals surface area contributed by atoms with E-state index < -0.39 is 11.9 Å². The largest absolute Gasteiger partial charge is 0.491 e. The summed E-state index contributed by atoms with van der Waals surface area (Å²) in [5.41, 5.74) is -0.456. The van der Waals surface area contributed by atoms with Gasteiger partial charge in [0.1, 0.15) is 11.3 Å². The zero-order chi connectivity index (χ0) is 23.0. The smallest absolute Gasteiger partial charge is 0.433 e. The first-order valence-electron chi connectivity index (χ1n) is 10.3. The number of nitrogens with zero attached hydrogens (tertiary/aromatic N) is 5. The van der Waals surface area contributed by atoms with Crippen LogP contribution in [0, 0.1) is 0 Å². The molecule has 0 unspecified atom stereocenters. The van der Waals surface area contributed by atoms with Gasteiger partial charge in [-0.25, -0.2) is 9.50 Å². The standard InChI is InChI=1S/C22H24F3N5O2/c1-14(2)32-16-6-4-15(5-7-16)18-12-19(22(23,24)25)30-20(27-18)17(13-26-30)21(31)29-10-8-28(3)9-11-29/h4-7,12-14H,8-11H2,1-3H3. The molecule has 0 saturated carbocycles. The summed E-state index contributed by atoms with van der Waals surface area (Å²) in [6, 6.07) is 7.61. The fraction of sp³-hybridized carbons (Fsp3) is 0.409. The second kappa shape index (κ2) is 8.42. The minimum atomic E-state index is -4.67. The molecule has 0 radical (unpaired) electrons. The Bertz CT molecular complexity index is 1120. The lowest BCUT2D eigenvalue weighted by molar-refractivity contribution is -0.142. The lowest BCUT2D eigenvalue weighted by Crippen LogP contribution is -2.47. The van der Waals surface area contributed by atoms with Gasteiger partial charge in [0.25, 0.3) is 5.91 Å². The molecule has 1 aliphatic heterocycles. The summed E-state index contributed by atoms with van der Waals surface area (Å²) >= 11 is 0. The van der Waals surface area contributed by atoms with Crippen LogP contribution in [0.15, 0.2) is 36.5 Å². The van der Waals surface area contributed by atoms with Gasteiger partial charge in [0.05, 0.1) is 18.0 Å². The molecular formula is C22H24F3N5O2. The van der Waals surface area contributed by atoms with Gasteiger partial charge in [0.2, 0.25) is 0 Å². The maximum absolute atomic E-state index is 13.8. The Hall–Kier alpha value is -3.14. The number of rotatable bonds is 4. The first kappa shape index (κ1) is 22.1. The van der Waals surface area contributed by atoms with Crippen molar-refractivity contribution in [1.82, 2.24) is 24.4 Å². The number of alkyl halides is 3. The number of halogens is 3. The van der Waals surface area contributed by atoms with Crippen molar-refractivity contribution in [1.29, 1.82) is 0 Å². The molecule has 0 N–H and O–H groups in total. The molecule has 0 aliphatic carbocycles. The number of likely N-dealkylation sites (N-methyl/N-ethyl adjacent to an activating group) is 1. The van der Waals surface area contributed by atoms with Crippen molar-refractivity contribution in [3.05, 3.63) is 47.8 Å². The van der Waals surface area contributed by atoms with Gasteiger partial charge in [-0.1, -0.05) is 0 Å². The molecule has 2 aromatic heterocycles. The molecule has 1 aliphatic rings. The predicted octanol–water partition coefficient (Wildman–Crippen LogP) is 3.59. The number of ether oxygens (including phenoxy) is 1. The second-order valence-corrected chi connectivity index (χ2v) is 8.10. The summed E-state index contributed by atoms with van der Waals surface area (Å²) < 4.78 is 47.8. The number of carbonyl (C=O) groups excluding carboxylic acids is 1. The highest BCUT2D eigenvalue weighted by Gasteiger charge is 2.36. The molecule has 32 heavy (non-hydrogen) atoms. The fourth-order valence-corrected chi connectivity index (χ4v) is 3.62. The van der Waals surface area contributed by atoms with Crippen LogP contribution in [0.2, 0.25) is 0 Å². The average Bonchev–Trinajstić information content (AvgIpc) is 3.16. The number of carbonyl (C=O) groups is 1. The van der Waals surface area contributed by atoms with Gasteiger partial charge in [-0.2, -0.15) is 18.3 Å². The van der Waals surface area contributed by atoms with Crippen molar-refractivity contribution in [2.75, 3.05) is 33.2 Å². The zero-order valence-corrected chi connectivity index (χ0v) is 18.1. The molecular weight excluding hydrogens is 423 g/mol. The number of amides is 1. The van der Waals surface area contributed by atoms with E-state index in [0.29, 0.717) is 42.0 Å². The number of hydrogen-bond donors (Lipinski definition) is 0. The Morgan fingerprint density at radius 1 is 1.09 bits per heavy atom. The second-order valence-electron chi connectivity index (χ2n) is 8.10. The summed E-state index contributed by atoms with van der Waals surface area (Å²) in [6.07, 6.45) is -3.53. The molecule has 3 aromatic rings. The van der Waals surface area contributed by atoms with Crippen LogP contribution in [0.5, 0.6) is 5.75 Å². The Morgan fingerprint density at radius 3 is 2.34 bits per heavy atom. The molecule has 7 nitrogen and oxygen atoms in total. The van der Waals surface area contributed by atoms with Gasteiger partial charge in [0.15, 0.2) is 11.3 Å². The summed E-state index contributed by atoms with van der Waals surface area (Å²) in [7, 11) is 1.96. The quantitative estimate of drug-likeness (QED) is 0.612. The molecule has 1 saturated heterocycles. The normalized spacial score (nSPS) is 15.5. The Kier molecular flexibility index (Phi) is 5.81. The molecule has 1 fully saturated rings. The van der Waals surface area contributed by atoms with Gasteiger partial charge in [-0.15, -0.1) is 0 Å². The predicted molar refractivity (Wildman–Crippen MR) is 113 cm³/mol. The summed E-state index contributed by atoms with van der Waals surface area (Å²) in [6.45, 7) is 6.16. The van der Waals surface area contributed by atoms with E-state index in [0.717, 1.165) is 6.07 Å². The number of piperazine rings is 1. The monoisotopic (exact) mass is 447 g/mol. The number of fused-ring (bicyclic) bond motifs is 1. The third-order valence-electron chi connectivity index (χ3n) is 5.31. The Labute approximate surface area is 183 Å². The van der Waals surface area contributed by atoms with Crippen LogP contribution in [0.3, 0.4) is 0 Å². The van der Waals surface area contributed by atoms with Crippen LogP contribution in [0.1, 0.15) is 29.9 Å². The van der Waals surface area contributed by atoms with Crippen molar-refractivity contribution >= 4 is 11.6 Å². The molecule has 0 bridgehead atoms. The minimum Gasteiger partial charge on any atom is -0.491 e. The average molecular weight is 447 g/mol. The lowest BCUT2D eigenvalue weighted by atomic mass is 10.1. The van der Waals surface area contributed by atoms with Crippen LogP contribution < -0.4 is 4.74 Å². The van der Waals surface area contributed by atoms with Crippen molar-refractivity contribution in [3.63, 3.8) is 0 Å². The summed E-state index contributed by atoms with van der Waals surface area (Å²) in [5.74, 6) is 0.239. The maximum Gasteiger partial charge on any atom is 0.433 e. The molecule has 1 amide bonds. The molecule has 0 spiro atoms. The Balaban J connectivity index is 1.77.